The lowest BCUT2D eigenvalue weighted by Gasteiger charge is -2.34. The van der Waals surface area contributed by atoms with Crippen molar-refractivity contribution in [2.75, 3.05) is 18.5 Å². The maximum absolute atomic E-state index is 6.17. The van der Waals surface area contributed by atoms with E-state index in [1.54, 1.807) is 17.5 Å². The summed E-state index contributed by atoms with van der Waals surface area (Å²) in [5.41, 5.74) is 1.70. The molecular formula is C20H18N4OS2. The first-order valence-electron chi connectivity index (χ1n) is 8.84. The average Bonchev–Trinajstić information content (AvgIpc) is 3.37. The van der Waals surface area contributed by atoms with Crippen LogP contribution in [0.5, 0.6) is 0 Å². The first kappa shape index (κ1) is 16.8. The van der Waals surface area contributed by atoms with Crippen LogP contribution in [0.15, 0.2) is 47.3 Å². The Labute approximate surface area is 165 Å². The Hall–Kier alpha value is -2.35. The number of hydrogen-bond donors (Lipinski definition) is 1. The van der Waals surface area contributed by atoms with Crippen LogP contribution in [0.4, 0.5) is 5.82 Å². The molecule has 7 heteroatoms. The van der Waals surface area contributed by atoms with Gasteiger partial charge in [-0.1, -0.05) is 6.07 Å². The molecule has 0 amide bonds. The largest absolute Gasteiger partial charge is 0.368 e. The van der Waals surface area contributed by atoms with Gasteiger partial charge in [-0.25, -0.2) is 9.97 Å². The zero-order chi connectivity index (χ0) is 18.3. The lowest BCUT2D eigenvalue weighted by atomic mass is 9.93. The van der Waals surface area contributed by atoms with Crippen LogP contribution in [-0.2, 0) is 16.8 Å². The summed E-state index contributed by atoms with van der Waals surface area (Å²) >= 11 is 3.43. The molecule has 5 heterocycles. The van der Waals surface area contributed by atoms with Crippen LogP contribution >= 0.6 is 22.7 Å². The Morgan fingerprint density at radius 3 is 2.96 bits per heavy atom. The summed E-state index contributed by atoms with van der Waals surface area (Å²) in [7, 11) is 0. The smallest absolute Gasteiger partial charge is 0.181 e. The topological polar surface area (TPSA) is 59.9 Å². The van der Waals surface area contributed by atoms with Gasteiger partial charge in [-0.15, -0.1) is 22.7 Å². The van der Waals surface area contributed by atoms with E-state index in [2.05, 4.69) is 39.7 Å². The zero-order valence-corrected chi connectivity index (χ0v) is 16.4. The van der Waals surface area contributed by atoms with Crippen LogP contribution in [0.25, 0.3) is 21.7 Å². The van der Waals surface area contributed by atoms with Crippen LogP contribution in [-0.4, -0.2) is 28.1 Å². The highest BCUT2D eigenvalue weighted by atomic mass is 32.1. The van der Waals surface area contributed by atoms with Crippen LogP contribution < -0.4 is 5.32 Å². The molecule has 0 saturated carbocycles. The number of rotatable bonds is 4. The molecule has 4 aromatic rings. The summed E-state index contributed by atoms with van der Waals surface area (Å²) in [5, 5.41) is 8.76. The van der Waals surface area contributed by atoms with Crippen LogP contribution in [0.3, 0.4) is 0 Å². The number of aromatic nitrogens is 3. The maximum atomic E-state index is 6.17. The predicted molar refractivity (Wildman–Crippen MR) is 110 cm³/mol. The predicted octanol–water partition coefficient (Wildman–Crippen LogP) is 4.71. The number of ether oxygens (including phenoxy) is 1. The number of fused-ring (bicyclic) bond motifs is 2. The van der Waals surface area contributed by atoms with E-state index < -0.39 is 0 Å². The molecule has 0 bridgehead atoms. The van der Waals surface area contributed by atoms with Gasteiger partial charge in [-0.3, -0.25) is 4.98 Å². The summed E-state index contributed by atoms with van der Waals surface area (Å²) < 4.78 is 6.17. The third kappa shape index (κ3) is 3.01. The summed E-state index contributed by atoms with van der Waals surface area (Å²) in [6.07, 6.45) is 2.76. The number of anilines is 1. The second-order valence-corrected chi connectivity index (χ2v) is 8.59. The van der Waals surface area contributed by atoms with E-state index in [0.717, 1.165) is 34.8 Å². The van der Waals surface area contributed by atoms with Crippen LogP contribution in [0.1, 0.15) is 17.4 Å². The van der Waals surface area contributed by atoms with Gasteiger partial charge in [0, 0.05) is 24.0 Å². The van der Waals surface area contributed by atoms with E-state index in [4.69, 9.17) is 9.72 Å². The van der Waals surface area contributed by atoms with Gasteiger partial charge in [0.2, 0.25) is 0 Å². The zero-order valence-electron chi connectivity index (χ0n) is 14.8. The first-order chi connectivity index (χ1) is 13.2. The molecule has 4 aromatic heterocycles. The van der Waals surface area contributed by atoms with Crippen molar-refractivity contribution in [1.82, 2.24) is 15.0 Å². The second-order valence-electron chi connectivity index (χ2n) is 6.69. The van der Waals surface area contributed by atoms with E-state index >= 15 is 0 Å². The van der Waals surface area contributed by atoms with Gasteiger partial charge in [-0.05, 0) is 47.5 Å². The molecule has 0 saturated heterocycles. The van der Waals surface area contributed by atoms with Gasteiger partial charge in [0.05, 0.1) is 12.0 Å². The molecular weight excluding hydrogens is 376 g/mol. The Morgan fingerprint density at radius 1 is 1.15 bits per heavy atom. The molecule has 0 fully saturated rings. The minimum absolute atomic E-state index is 0.355. The van der Waals surface area contributed by atoms with Crippen molar-refractivity contribution in [3.63, 3.8) is 0 Å². The minimum atomic E-state index is -0.355. The van der Waals surface area contributed by atoms with Gasteiger partial charge >= 0.3 is 0 Å². The van der Waals surface area contributed by atoms with E-state index in [9.17, 15) is 0 Å². The standard InChI is InChI=1S/C20H18N4OS2/c1-20(14-7-11-26-16(14)5-9-25-20)12-22-17-13-6-10-27-19(13)24-18(23-17)15-4-2-3-8-21-15/h2-4,6-8,10-11H,5,9,12H2,1H3,(H,22,23,24). The first-order valence-corrected chi connectivity index (χ1v) is 10.6. The number of pyridine rings is 1. The number of thiophene rings is 2. The minimum Gasteiger partial charge on any atom is -0.368 e. The third-order valence-corrected chi connectivity index (χ3v) is 6.66. The van der Waals surface area contributed by atoms with Gasteiger partial charge in [0.15, 0.2) is 5.82 Å². The van der Waals surface area contributed by atoms with Gasteiger partial charge in [0.25, 0.3) is 0 Å². The summed E-state index contributed by atoms with van der Waals surface area (Å²) in [6.45, 7) is 3.55. The molecule has 0 radical (unpaired) electrons. The van der Waals surface area contributed by atoms with Crippen molar-refractivity contribution < 1.29 is 4.74 Å². The Bertz CT molecular complexity index is 1090. The highest BCUT2D eigenvalue weighted by Crippen LogP contribution is 2.37. The fraction of sp³-hybridized carbons (Fsp3) is 0.250. The normalized spacial score (nSPS) is 19.1. The second kappa shape index (κ2) is 6.67. The summed E-state index contributed by atoms with van der Waals surface area (Å²) in [6, 6.07) is 10.0. The Balaban J connectivity index is 1.50. The molecule has 5 nitrogen and oxygen atoms in total. The SMILES string of the molecule is CC1(CNc2nc(-c3ccccn3)nc3sccc23)OCCc2sccc21. The highest BCUT2D eigenvalue weighted by molar-refractivity contribution is 7.16. The van der Waals surface area contributed by atoms with Crippen molar-refractivity contribution in [3.05, 3.63) is 57.7 Å². The van der Waals surface area contributed by atoms with Gasteiger partial charge in [-0.2, -0.15) is 0 Å². The fourth-order valence-electron chi connectivity index (χ4n) is 3.45. The number of nitrogens with one attached hydrogen (secondary N) is 1. The lowest BCUT2D eigenvalue weighted by molar-refractivity contribution is -0.0347. The lowest BCUT2D eigenvalue weighted by Crippen LogP contribution is -2.38. The van der Waals surface area contributed by atoms with E-state index in [1.165, 1.54) is 10.4 Å². The molecule has 0 spiro atoms. The van der Waals surface area contributed by atoms with Gasteiger partial charge in [0.1, 0.15) is 21.9 Å². The van der Waals surface area contributed by atoms with E-state index in [0.29, 0.717) is 12.4 Å². The monoisotopic (exact) mass is 394 g/mol. The average molecular weight is 395 g/mol. The molecule has 1 atom stereocenters. The van der Waals surface area contributed by atoms with Crippen LogP contribution in [0.2, 0.25) is 0 Å². The maximum Gasteiger partial charge on any atom is 0.181 e. The summed E-state index contributed by atoms with van der Waals surface area (Å²) in [5.74, 6) is 1.47. The molecule has 1 unspecified atom stereocenters. The Morgan fingerprint density at radius 2 is 2.07 bits per heavy atom. The van der Waals surface area contributed by atoms with E-state index in [1.807, 2.05) is 34.9 Å². The summed E-state index contributed by atoms with van der Waals surface area (Å²) in [4.78, 5) is 16.2. The quantitative estimate of drug-likeness (QED) is 0.543. The molecule has 0 aliphatic carbocycles. The van der Waals surface area contributed by atoms with Crippen molar-refractivity contribution >= 4 is 38.7 Å². The Kier molecular flexibility index (Phi) is 4.15. The molecule has 27 heavy (non-hydrogen) atoms. The van der Waals surface area contributed by atoms with Gasteiger partial charge < -0.3 is 10.1 Å². The fourth-order valence-corrected chi connectivity index (χ4v) is 5.19. The molecule has 136 valence electrons. The number of nitrogens with zero attached hydrogens (tertiary/aromatic N) is 3. The molecule has 1 N–H and O–H groups in total. The van der Waals surface area contributed by atoms with Crippen LogP contribution in [0, 0.1) is 0 Å². The van der Waals surface area contributed by atoms with E-state index in [-0.39, 0.29) is 5.60 Å². The highest BCUT2D eigenvalue weighted by Gasteiger charge is 2.34. The van der Waals surface area contributed by atoms with Crippen molar-refractivity contribution in [2.45, 2.75) is 18.9 Å². The van der Waals surface area contributed by atoms with Crippen molar-refractivity contribution in [2.24, 2.45) is 0 Å². The molecule has 1 aliphatic heterocycles. The molecule has 5 rings (SSSR count). The molecule has 1 aliphatic rings. The van der Waals surface area contributed by atoms with Crippen molar-refractivity contribution in [3.8, 4) is 11.5 Å². The van der Waals surface area contributed by atoms with Crippen molar-refractivity contribution in [1.29, 1.82) is 0 Å². The molecule has 0 aromatic carbocycles. The third-order valence-electron chi connectivity index (χ3n) is 4.88. The number of hydrogen-bond acceptors (Lipinski definition) is 7.